The third-order valence-corrected chi connectivity index (χ3v) is 6.18. The molecule has 0 aliphatic heterocycles. The number of furan rings is 1. The summed E-state index contributed by atoms with van der Waals surface area (Å²) in [6, 6.07) is 3.12. The van der Waals surface area contributed by atoms with Gasteiger partial charge in [-0.3, -0.25) is 9.78 Å². The Labute approximate surface area is 152 Å². The van der Waals surface area contributed by atoms with Gasteiger partial charge in [0.2, 0.25) is 5.09 Å². The number of H-pyrrole nitrogens is 1. The van der Waals surface area contributed by atoms with Crippen LogP contribution in [0.2, 0.25) is 0 Å². The van der Waals surface area contributed by atoms with Crippen molar-refractivity contribution in [3.8, 4) is 11.5 Å². The van der Waals surface area contributed by atoms with Crippen molar-refractivity contribution < 1.29 is 12.8 Å². The molecule has 140 valence electrons. The van der Waals surface area contributed by atoms with Gasteiger partial charge >= 0.3 is 0 Å². The lowest BCUT2D eigenvalue weighted by atomic mass is 10.2. The molecule has 0 aliphatic rings. The van der Waals surface area contributed by atoms with Gasteiger partial charge in [-0.25, -0.2) is 8.42 Å². The first-order chi connectivity index (χ1) is 12.4. The van der Waals surface area contributed by atoms with Crippen LogP contribution in [0.15, 0.2) is 34.0 Å². The SMILES string of the molecule is CCN(Cc1cnn(CC)c1)S(=O)(=O)c1ccc(-c2n[nH]c(C)c2C)o1. The average Bonchev–Trinajstić information content (AvgIpc) is 3.34. The van der Waals surface area contributed by atoms with Crippen LogP contribution in [0.1, 0.15) is 30.7 Å². The Morgan fingerprint density at radius 3 is 2.62 bits per heavy atom. The molecule has 0 fully saturated rings. The van der Waals surface area contributed by atoms with E-state index in [1.54, 1.807) is 23.9 Å². The second-order valence-corrected chi connectivity index (χ2v) is 7.95. The number of aromatic amines is 1. The Morgan fingerprint density at radius 1 is 1.27 bits per heavy atom. The maximum atomic E-state index is 13.0. The van der Waals surface area contributed by atoms with Crippen molar-refractivity contribution >= 4 is 10.0 Å². The molecule has 0 radical (unpaired) electrons. The van der Waals surface area contributed by atoms with Gasteiger partial charge in [0.1, 0.15) is 5.69 Å². The van der Waals surface area contributed by atoms with Crippen LogP contribution < -0.4 is 0 Å². The van der Waals surface area contributed by atoms with Crippen molar-refractivity contribution in [2.45, 2.75) is 45.9 Å². The van der Waals surface area contributed by atoms with Gasteiger partial charge < -0.3 is 4.42 Å². The molecule has 0 atom stereocenters. The van der Waals surface area contributed by atoms with Crippen molar-refractivity contribution in [3.05, 3.63) is 41.3 Å². The summed E-state index contributed by atoms with van der Waals surface area (Å²) in [6.07, 6.45) is 3.53. The molecular weight excluding hydrogens is 354 g/mol. The smallest absolute Gasteiger partial charge is 0.276 e. The van der Waals surface area contributed by atoms with E-state index < -0.39 is 10.0 Å². The predicted molar refractivity (Wildman–Crippen MR) is 96.9 cm³/mol. The number of hydrogen-bond donors (Lipinski definition) is 1. The van der Waals surface area contributed by atoms with E-state index in [9.17, 15) is 8.42 Å². The molecule has 0 aromatic carbocycles. The van der Waals surface area contributed by atoms with Gasteiger partial charge in [-0.1, -0.05) is 6.92 Å². The van der Waals surface area contributed by atoms with Crippen molar-refractivity contribution in [1.82, 2.24) is 24.3 Å². The zero-order chi connectivity index (χ0) is 18.9. The summed E-state index contributed by atoms with van der Waals surface area (Å²) < 4.78 is 34.7. The summed E-state index contributed by atoms with van der Waals surface area (Å²) in [6.45, 7) is 8.91. The topological polar surface area (TPSA) is 97.0 Å². The Bertz CT molecular complexity index is 999. The van der Waals surface area contributed by atoms with E-state index >= 15 is 0 Å². The van der Waals surface area contributed by atoms with Gasteiger partial charge in [0.15, 0.2) is 5.76 Å². The molecule has 0 amide bonds. The van der Waals surface area contributed by atoms with E-state index in [1.165, 1.54) is 10.4 Å². The number of aromatic nitrogens is 4. The van der Waals surface area contributed by atoms with Crippen LogP contribution in [0, 0.1) is 13.8 Å². The summed E-state index contributed by atoms with van der Waals surface area (Å²) in [5.74, 6) is 0.431. The molecule has 0 saturated carbocycles. The minimum Gasteiger partial charge on any atom is -0.442 e. The highest BCUT2D eigenvalue weighted by Gasteiger charge is 2.28. The minimum absolute atomic E-state index is 0.0858. The zero-order valence-electron chi connectivity index (χ0n) is 15.4. The lowest BCUT2D eigenvalue weighted by Gasteiger charge is -2.18. The minimum atomic E-state index is -3.75. The van der Waals surface area contributed by atoms with Crippen molar-refractivity contribution in [1.29, 1.82) is 0 Å². The summed E-state index contributed by atoms with van der Waals surface area (Å²) in [7, 11) is -3.75. The maximum Gasteiger partial charge on any atom is 0.276 e. The van der Waals surface area contributed by atoms with Gasteiger partial charge in [0, 0.05) is 42.7 Å². The molecule has 0 spiro atoms. The second kappa shape index (κ2) is 7.08. The summed E-state index contributed by atoms with van der Waals surface area (Å²) >= 11 is 0. The molecule has 1 N–H and O–H groups in total. The lowest BCUT2D eigenvalue weighted by molar-refractivity contribution is 0.388. The molecule has 9 heteroatoms. The van der Waals surface area contributed by atoms with Crippen LogP contribution in [-0.2, 0) is 23.1 Å². The Morgan fingerprint density at radius 2 is 2.04 bits per heavy atom. The summed E-state index contributed by atoms with van der Waals surface area (Å²) in [5, 5.41) is 11.2. The Hall–Kier alpha value is -2.39. The van der Waals surface area contributed by atoms with Crippen molar-refractivity contribution in [2.24, 2.45) is 0 Å². The van der Waals surface area contributed by atoms with E-state index in [-0.39, 0.29) is 11.6 Å². The molecule has 0 bridgehead atoms. The van der Waals surface area contributed by atoms with Gasteiger partial charge in [0.25, 0.3) is 10.0 Å². The second-order valence-electron chi connectivity index (χ2n) is 6.08. The molecule has 0 saturated heterocycles. The first-order valence-electron chi connectivity index (χ1n) is 8.50. The molecule has 0 aliphatic carbocycles. The van der Waals surface area contributed by atoms with Crippen LogP contribution in [0.3, 0.4) is 0 Å². The van der Waals surface area contributed by atoms with Crippen LogP contribution >= 0.6 is 0 Å². The number of aryl methyl sites for hydroxylation is 2. The average molecular weight is 377 g/mol. The first-order valence-corrected chi connectivity index (χ1v) is 9.94. The van der Waals surface area contributed by atoms with Gasteiger partial charge in [-0.05, 0) is 32.9 Å². The lowest BCUT2D eigenvalue weighted by Crippen LogP contribution is -2.30. The van der Waals surface area contributed by atoms with Crippen LogP contribution in [0.5, 0.6) is 0 Å². The van der Waals surface area contributed by atoms with Crippen LogP contribution in [0.25, 0.3) is 11.5 Å². The van der Waals surface area contributed by atoms with E-state index in [0.717, 1.165) is 23.4 Å². The number of nitrogens with one attached hydrogen (secondary N) is 1. The van der Waals surface area contributed by atoms with Gasteiger partial charge in [-0.2, -0.15) is 14.5 Å². The van der Waals surface area contributed by atoms with E-state index in [2.05, 4.69) is 15.3 Å². The normalized spacial score (nSPS) is 12.2. The zero-order valence-corrected chi connectivity index (χ0v) is 16.2. The fraction of sp³-hybridized carbons (Fsp3) is 0.412. The van der Waals surface area contributed by atoms with Crippen LogP contribution in [-0.4, -0.2) is 39.2 Å². The van der Waals surface area contributed by atoms with Crippen molar-refractivity contribution in [2.75, 3.05) is 6.54 Å². The third-order valence-electron chi connectivity index (χ3n) is 4.38. The summed E-state index contributed by atoms with van der Waals surface area (Å²) in [5.41, 5.74) is 3.31. The van der Waals surface area contributed by atoms with Crippen molar-refractivity contribution in [3.63, 3.8) is 0 Å². The van der Waals surface area contributed by atoms with Gasteiger partial charge in [0.05, 0.1) is 6.20 Å². The Kier molecular flexibility index (Phi) is 5.01. The largest absolute Gasteiger partial charge is 0.442 e. The number of nitrogens with zero attached hydrogens (tertiary/aromatic N) is 4. The molecule has 3 aromatic heterocycles. The monoisotopic (exact) mass is 377 g/mol. The van der Waals surface area contributed by atoms with Gasteiger partial charge in [-0.15, -0.1) is 0 Å². The highest BCUT2D eigenvalue weighted by Crippen LogP contribution is 2.28. The van der Waals surface area contributed by atoms with Crippen LogP contribution in [0.4, 0.5) is 0 Å². The molecule has 3 heterocycles. The van der Waals surface area contributed by atoms with E-state index in [1.807, 2.05) is 27.0 Å². The number of hydrogen-bond acceptors (Lipinski definition) is 5. The van der Waals surface area contributed by atoms with E-state index in [0.29, 0.717) is 18.0 Å². The molecule has 3 aromatic rings. The number of sulfonamides is 1. The van der Waals surface area contributed by atoms with E-state index in [4.69, 9.17) is 4.42 Å². The molecule has 0 unspecified atom stereocenters. The highest BCUT2D eigenvalue weighted by molar-refractivity contribution is 7.89. The molecule has 26 heavy (non-hydrogen) atoms. The quantitative estimate of drug-likeness (QED) is 0.683. The highest BCUT2D eigenvalue weighted by atomic mass is 32.2. The standard InChI is InChI=1S/C17H23N5O3S/c1-5-21-10-14(9-18-21)11-22(6-2)26(23,24)16-8-7-15(25-16)17-12(3)13(4)19-20-17/h7-10H,5-6,11H2,1-4H3,(H,19,20). The predicted octanol–water partition coefficient (Wildman–Crippen LogP) is 2.71. The fourth-order valence-corrected chi connectivity index (χ4v) is 4.02. The Balaban J connectivity index is 1.87. The third kappa shape index (κ3) is 3.32. The molecule has 3 rings (SSSR count). The maximum absolute atomic E-state index is 13.0. The number of rotatable bonds is 7. The molecule has 8 nitrogen and oxygen atoms in total. The fourth-order valence-electron chi connectivity index (χ4n) is 2.67. The summed E-state index contributed by atoms with van der Waals surface area (Å²) in [4.78, 5) is 0. The first kappa shape index (κ1) is 18.4. The molecular formula is C17H23N5O3S.